The molecule has 0 spiro atoms. The van der Waals surface area contributed by atoms with Gasteiger partial charge in [-0.15, -0.1) is 0 Å². The summed E-state index contributed by atoms with van der Waals surface area (Å²) in [5.41, 5.74) is -0.264. The topological polar surface area (TPSA) is 74.2 Å². The van der Waals surface area contributed by atoms with Crippen LogP contribution in [0.5, 0.6) is 5.75 Å². The van der Waals surface area contributed by atoms with Gasteiger partial charge in [0.2, 0.25) is 6.08 Å². The summed E-state index contributed by atoms with van der Waals surface area (Å²) in [7, 11) is 2.56. The van der Waals surface area contributed by atoms with E-state index in [0.29, 0.717) is 0 Å². The predicted molar refractivity (Wildman–Crippen MR) is 71.8 cm³/mol. The van der Waals surface area contributed by atoms with Crippen LogP contribution in [0.1, 0.15) is 0 Å². The first-order chi connectivity index (χ1) is 10.0. The summed E-state index contributed by atoms with van der Waals surface area (Å²) < 4.78 is 28.0. The summed E-state index contributed by atoms with van der Waals surface area (Å²) in [4.78, 5) is 24.4. The van der Waals surface area contributed by atoms with Crippen molar-refractivity contribution in [3.63, 3.8) is 0 Å². The minimum Gasteiger partial charge on any atom is -0.497 e. The first kappa shape index (κ1) is 16.7. The zero-order valence-electron chi connectivity index (χ0n) is 11.2. The van der Waals surface area contributed by atoms with Crippen molar-refractivity contribution in [3.8, 4) is 5.75 Å². The van der Waals surface area contributed by atoms with Crippen molar-refractivity contribution in [1.82, 2.24) is 0 Å². The van der Waals surface area contributed by atoms with E-state index in [-0.39, 0.29) is 28.8 Å². The van der Waals surface area contributed by atoms with Crippen molar-refractivity contribution in [1.29, 1.82) is 0 Å². The highest BCUT2D eigenvalue weighted by molar-refractivity contribution is 6.32. The van der Waals surface area contributed by atoms with Crippen molar-refractivity contribution in [3.05, 3.63) is 34.8 Å². The maximum absolute atomic E-state index is 13.4. The molecule has 0 amide bonds. The Balaban J connectivity index is 2.92. The molecule has 6 nitrogen and oxygen atoms in total. The number of esters is 1. The largest absolute Gasteiger partial charge is 0.497 e. The average molecular weight is 316 g/mol. The molecule has 0 radical (unpaired) electrons. The number of carbonyl (C=O) groups is 1. The third kappa shape index (κ3) is 4.91. The molecule has 0 heterocycles. The van der Waals surface area contributed by atoms with Crippen LogP contribution in [0.3, 0.4) is 0 Å². The van der Waals surface area contributed by atoms with Crippen LogP contribution in [0, 0.1) is 5.82 Å². The number of ether oxygens (including phenoxy) is 3. The van der Waals surface area contributed by atoms with E-state index < -0.39 is 11.8 Å². The van der Waals surface area contributed by atoms with E-state index in [4.69, 9.17) is 21.1 Å². The lowest BCUT2D eigenvalue weighted by Crippen LogP contribution is -2.07. The molecule has 0 saturated carbocycles. The second kappa shape index (κ2) is 8.04. The molecule has 0 N–H and O–H groups in total. The summed E-state index contributed by atoms with van der Waals surface area (Å²) in [5.74, 6) is -1.16. The highest BCUT2D eigenvalue weighted by Crippen LogP contribution is 2.32. The molecule has 0 aliphatic heterocycles. The number of nitrogens with zero attached hydrogens (tertiary/aromatic N) is 1. The molecule has 0 fully saturated rings. The smallest absolute Gasteiger partial charge is 0.334 e. The number of hydrogen-bond acceptors (Lipinski definition) is 6. The van der Waals surface area contributed by atoms with Gasteiger partial charge in [0.25, 0.3) is 0 Å². The minimum absolute atomic E-state index is 0.0223. The summed E-state index contributed by atoms with van der Waals surface area (Å²) in [5, 5.41) is -0.0223. The Morgan fingerprint density at radius 2 is 2.14 bits per heavy atom. The van der Waals surface area contributed by atoms with Crippen molar-refractivity contribution in [2.24, 2.45) is 4.99 Å². The quantitative estimate of drug-likeness (QED) is 0.265. The predicted octanol–water partition coefficient (Wildman–Crippen LogP) is 2.53. The lowest BCUT2D eigenvalue weighted by molar-refractivity contribution is -0.135. The van der Waals surface area contributed by atoms with Gasteiger partial charge in [-0.2, -0.15) is 4.99 Å². The number of carbonyl (C=O) groups excluding carboxylic acids is 2. The Morgan fingerprint density at radius 3 is 2.71 bits per heavy atom. The van der Waals surface area contributed by atoms with Crippen LogP contribution in [0.4, 0.5) is 10.1 Å². The molecule has 0 aliphatic carbocycles. The molecule has 0 aliphatic rings. The number of methoxy groups -OCH3 is 2. The van der Waals surface area contributed by atoms with E-state index in [1.165, 1.54) is 20.3 Å². The number of aliphatic imine (C=N–C) groups is 1. The number of halogens is 2. The Hall–Kier alpha value is -2.37. The van der Waals surface area contributed by atoms with Gasteiger partial charge in [-0.25, -0.2) is 14.0 Å². The van der Waals surface area contributed by atoms with Gasteiger partial charge in [0.05, 0.1) is 25.3 Å². The molecule has 1 aromatic rings. The second-order valence-electron chi connectivity index (χ2n) is 3.56. The van der Waals surface area contributed by atoms with Crippen LogP contribution in [-0.4, -0.2) is 32.9 Å². The molecule has 21 heavy (non-hydrogen) atoms. The first-order valence-electron chi connectivity index (χ1n) is 5.54. The van der Waals surface area contributed by atoms with Crippen molar-refractivity contribution in [2.75, 3.05) is 20.8 Å². The van der Waals surface area contributed by atoms with Gasteiger partial charge < -0.3 is 14.2 Å². The number of isocyanates is 1. The molecule has 0 atom stereocenters. The second-order valence-corrected chi connectivity index (χ2v) is 3.97. The Labute approximate surface area is 124 Å². The minimum atomic E-state index is -0.784. The van der Waals surface area contributed by atoms with Gasteiger partial charge in [-0.05, 0) is 6.07 Å². The summed E-state index contributed by atoms with van der Waals surface area (Å²) in [6.45, 7) is -0.152. The van der Waals surface area contributed by atoms with Crippen LogP contribution in [0.25, 0.3) is 0 Å². The Kier molecular flexibility index (Phi) is 6.39. The van der Waals surface area contributed by atoms with Crippen molar-refractivity contribution < 1.29 is 28.2 Å². The van der Waals surface area contributed by atoms with Crippen molar-refractivity contribution in [2.45, 2.75) is 0 Å². The Bertz CT molecular complexity index is 611. The van der Waals surface area contributed by atoms with Gasteiger partial charge in [0.1, 0.15) is 23.8 Å². The molecule has 8 heteroatoms. The van der Waals surface area contributed by atoms with E-state index in [0.717, 1.165) is 18.2 Å². The zero-order chi connectivity index (χ0) is 15.8. The van der Waals surface area contributed by atoms with E-state index in [2.05, 4.69) is 9.73 Å². The van der Waals surface area contributed by atoms with Crippen LogP contribution >= 0.6 is 11.6 Å². The fourth-order valence-corrected chi connectivity index (χ4v) is 1.47. The number of rotatable bonds is 6. The average Bonchev–Trinajstić information content (AvgIpc) is 2.47. The van der Waals surface area contributed by atoms with E-state index in [9.17, 15) is 14.0 Å². The summed E-state index contributed by atoms with van der Waals surface area (Å²) in [6, 6.07) is 2.08. The van der Waals surface area contributed by atoms with Gasteiger partial charge in [-0.3, -0.25) is 0 Å². The molecular formula is C13H11ClFNO5. The third-order valence-corrected chi connectivity index (χ3v) is 2.57. The normalized spacial score (nSPS) is 10.6. The monoisotopic (exact) mass is 315 g/mol. The first-order valence-corrected chi connectivity index (χ1v) is 5.91. The molecule has 0 saturated heterocycles. The van der Waals surface area contributed by atoms with E-state index in [1.807, 2.05) is 0 Å². The third-order valence-electron chi connectivity index (χ3n) is 2.28. The molecule has 1 rings (SSSR count). The number of hydrogen-bond donors (Lipinski definition) is 0. The highest BCUT2D eigenvalue weighted by atomic mass is 35.5. The van der Waals surface area contributed by atoms with Crippen LogP contribution in [0.15, 0.2) is 29.0 Å². The lowest BCUT2D eigenvalue weighted by atomic mass is 10.3. The van der Waals surface area contributed by atoms with Crippen molar-refractivity contribution >= 4 is 29.3 Å². The lowest BCUT2D eigenvalue weighted by Gasteiger charge is -2.10. The van der Waals surface area contributed by atoms with E-state index >= 15 is 0 Å². The fraction of sp³-hybridized carbons (Fsp3) is 0.231. The summed E-state index contributed by atoms with van der Waals surface area (Å²) in [6.07, 6.45) is 2.31. The highest BCUT2D eigenvalue weighted by Gasteiger charge is 2.11. The standard InChI is InChI=1S/C13H11ClFNO5/c1-19-8(3-13(18)20-2)6-21-12-5-11(16-7-17)10(15)4-9(12)14/h3-5H,6H2,1-2H3. The Morgan fingerprint density at radius 1 is 1.43 bits per heavy atom. The molecule has 0 aromatic heterocycles. The maximum Gasteiger partial charge on any atom is 0.334 e. The molecule has 112 valence electrons. The summed E-state index contributed by atoms with van der Waals surface area (Å²) >= 11 is 5.80. The van der Waals surface area contributed by atoms with Gasteiger partial charge >= 0.3 is 5.97 Å². The van der Waals surface area contributed by atoms with Gasteiger partial charge in [0.15, 0.2) is 5.82 Å². The van der Waals surface area contributed by atoms with Crippen LogP contribution in [-0.2, 0) is 19.1 Å². The van der Waals surface area contributed by atoms with Crippen LogP contribution in [0.2, 0.25) is 5.02 Å². The van der Waals surface area contributed by atoms with Gasteiger partial charge in [0, 0.05) is 6.07 Å². The molecular weight excluding hydrogens is 305 g/mol. The number of benzene rings is 1. The SMILES string of the molecule is COC(=O)C=C(COc1cc(N=C=O)c(F)cc1Cl)OC. The van der Waals surface area contributed by atoms with Crippen LogP contribution < -0.4 is 4.74 Å². The van der Waals surface area contributed by atoms with Gasteiger partial charge in [-0.1, -0.05) is 11.6 Å². The fourth-order valence-electron chi connectivity index (χ4n) is 1.26. The molecule has 0 bridgehead atoms. The zero-order valence-corrected chi connectivity index (χ0v) is 11.9. The molecule has 1 aromatic carbocycles. The molecule has 0 unspecified atom stereocenters. The maximum atomic E-state index is 13.4. The van der Waals surface area contributed by atoms with E-state index in [1.54, 1.807) is 0 Å².